The second kappa shape index (κ2) is 7.36. The second-order valence-electron chi connectivity index (χ2n) is 5.44. The number of nitrogens with zero attached hydrogens (tertiary/aromatic N) is 1. The van der Waals surface area contributed by atoms with Crippen LogP contribution in [0, 0.1) is 11.6 Å². The van der Waals surface area contributed by atoms with Crippen molar-refractivity contribution in [3.05, 3.63) is 59.4 Å². The highest BCUT2D eigenvalue weighted by molar-refractivity contribution is 5.20. The largest absolute Gasteiger partial charge is 0.354 e. The van der Waals surface area contributed by atoms with Crippen LogP contribution in [0.15, 0.2) is 36.7 Å². The minimum atomic E-state index is -0.474. The Bertz CT molecular complexity index is 558. The topological polar surface area (TPSA) is 17.0 Å². The predicted molar refractivity (Wildman–Crippen MR) is 81.1 cm³/mol. The molecule has 0 radical (unpaired) electrons. The van der Waals surface area contributed by atoms with E-state index in [4.69, 9.17) is 0 Å². The lowest BCUT2D eigenvalue weighted by Crippen LogP contribution is -2.28. The first-order valence-corrected chi connectivity index (χ1v) is 7.41. The molecule has 1 aromatic heterocycles. The van der Waals surface area contributed by atoms with E-state index in [-0.39, 0.29) is 11.6 Å². The smallest absolute Gasteiger partial charge is 0.129 e. The fourth-order valence-corrected chi connectivity index (χ4v) is 2.39. The summed E-state index contributed by atoms with van der Waals surface area (Å²) in [6, 6.07) is 6.07. The maximum absolute atomic E-state index is 13.6. The van der Waals surface area contributed by atoms with E-state index in [0.29, 0.717) is 13.0 Å². The molecule has 2 rings (SSSR count). The SMILES string of the molecule is CCCn1ccc(CNC(C)Cc2c(F)cccc2F)c1. The van der Waals surface area contributed by atoms with Crippen molar-refractivity contribution in [3.8, 4) is 0 Å². The molecule has 2 aromatic rings. The third-order valence-corrected chi connectivity index (χ3v) is 3.52. The monoisotopic (exact) mass is 292 g/mol. The standard InChI is InChI=1S/C17H22F2N2/c1-3-8-21-9-7-14(12-21)11-20-13(2)10-15-16(18)5-4-6-17(15)19/h4-7,9,12-13,20H,3,8,10-11H2,1-2H3. The number of hydrogen-bond acceptors (Lipinski definition) is 1. The maximum Gasteiger partial charge on any atom is 0.129 e. The molecule has 0 saturated heterocycles. The van der Waals surface area contributed by atoms with Crippen LogP contribution in [0.25, 0.3) is 0 Å². The molecule has 21 heavy (non-hydrogen) atoms. The molecule has 0 spiro atoms. The van der Waals surface area contributed by atoms with Crippen LogP contribution in [0.3, 0.4) is 0 Å². The first-order valence-electron chi connectivity index (χ1n) is 7.41. The Hall–Kier alpha value is -1.68. The molecule has 2 nitrogen and oxygen atoms in total. The van der Waals surface area contributed by atoms with Crippen LogP contribution in [0.1, 0.15) is 31.4 Å². The van der Waals surface area contributed by atoms with E-state index in [0.717, 1.165) is 13.0 Å². The Kier molecular flexibility index (Phi) is 5.51. The van der Waals surface area contributed by atoms with E-state index in [9.17, 15) is 8.78 Å². The lowest BCUT2D eigenvalue weighted by atomic mass is 10.1. The number of aromatic nitrogens is 1. The summed E-state index contributed by atoms with van der Waals surface area (Å²) < 4.78 is 29.3. The summed E-state index contributed by atoms with van der Waals surface area (Å²) in [4.78, 5) is 0. The van der Waals surface area contributed by atoms with Gasteiger partial charge in [-0.3, -0.25) is 0 Å². The molecule has 0 saturated carbocycles. The number of benzene rings is 1. The highest BCUT2D eigenvalue weighted by atomic mass is 19.1. The van der Waals surface area contributed by atoms with Crippen LogP contribution in [-0.4, -0.2) is 10.6 Å². The van der Waals surface area contributed by atoms with Gasteiger partial charge in [0.05, 0.1) is 0 Å². The van der Waals surface area contributed by atoms with Crippen molar-refractivity contribution in [1.82, 2.24) is 9.88 Å². The van der Waals surface area contributed by atoms with Gasteiger partial charge in [0.25, 0.3) is 0 Å². The second-order valence-corrected chi connectivity index (χ2v) is 5.44. The van der Waals surface area contributed by atoms with Crippen LogP contribution in [0.4, 0.5) is 8.78 Å². The minimum absolute atomic E-state index is 0.00549. The third kappa shape index (κ3) is 4.39. The Morgan fingerprint density at radius 3 is 2.57 bits per heavy atom. The quantitative estimate of drug-likeness (QED) is 0.819. The van der Waals surface area contributed by atoms with Crippen molar-refractivity contribution < 1.29 is 8.78 Å². The molecule has 0 fully saturated rings. The van der Waals surface area contributed by atoms with E-state index < -0.39 is 11.6 Å². The first kappa shape index (κ1) is 15.7. The van der Waals surface area contributed by atoms with E-state index in [1.54, 1.807) is 0 Å². The minimum Gasteiger partial charge on any atom is -0.354 e. The van der Waals surface area contributed by atoms with Gasteiger partial charge in [-0.25, -0.2) is 8.78 Å². The van der Waals surface area contributed by atoms with Crippen molar-refractivity contribution >= 4 is 0 Å². The normalized spacial score (nSPS) is 12.6. The molecule has 0 aliphatic carbocycles. The summed E-state index contributed by atoms with van der Waals surface area (Å²) in [7, 11) is 0. The van der Waals surface area contributed by atoms with Crippen molar-refractivity contribution in [3.63, 3.8) is 0 Å². The van der Waals surface area contributed by atoms with E-state index in [1.165, 1.54) is 23.8 Å². The van der Waals surface area contributed by atoms with Gasteiger partial charge >= 0.3 is 0 Å². The van der Waals surface area contributed by atoms with Gasteiger partial charge in [0.1, 0.15) is 11.6 Å². The van der Waals surface area contributed by atoms with Crippen molar-refractivity contribution in [2.75, 3.05) is 0 Å². The fourth-order valence-electron chi connectivity index (χ4n) is 2.39. The average Bonchev–Trinajstić information content (AvgIpc) is 2.89. The highest BCUT2D eigenvalue weighted by Crippen LogP contribution is 2.14. The van der Waals surface area contributed by atoms with Crippen molar-refractivity contribution in [1.29, 1.82) is 0 Å². The molecular weight excluding hydrogens is 270 g/mol. The van der Waals surface area contributed by atoms with Gasteiger partial charge in [-0.1, -0.05) is 13.0 Å². The summed E-state index contributed by atoms with van der Waals surface area (Å²) >= 11 is 0. The number of hydrogen-bond donors (Lipinski definition) is 1. The van der Waals surface area contributed by atoms with Crippen molar-refractivity contribution in [2.45, 2.75) is 45.8 Å². The molecule has 0 bridgehead atoms. The van der Waals surface area contributed by atoms with Gasteiger partial charge < -0.3 is 9.88 Å². The number of rotatable bonds is 7. The summed E-state index contributed by atoms with van der Waals surface area (Å²) in [5.41, 5.74) is 1.34. The molecule has 0 amide bonds. The van der Waals surface area contributed by atoms with Crippen molar-refractivity contribution in [2.24, 2.45) is 0 Å². The van der Waals surface area contributed by atoms with Gasteiger partial charge in [0.2, 0.25) is 0 Å². The summed E-state index contributed by atoms with van der Waals surface area (Å²) in [5.74, 6) is -0.949. The number of halogens is 2. The zero-order valence-electron chi connectivity index (χ0n) is 12.6. The summed E-state index contributed by atoms with van der Waals surface area (Å²) in [6.45, 7) is 5.79. The van der Waals surface area contributed by atoms with E-state index >= 15 is 0 Å². The molecular formula is C17H22F2N2. The van der Waals surface area contributed by atoms with Crippen LogP contribution in [0.2, 0.25) is 0 Å². The molecule has 0 aliphatic rings. The molecule has 1 heterocycles. The molecule has 114 valence electrons. The van der Waals surface area contributed by atoms with Crippen LogP contribution in [0.5, 0.6) is 0 Å². The van der Waals surface area contributed by atoms with Crippen LogP contribution >= 0.6 is 0 Å². The average molecular weight is 292 g/mol. The molecule has 1 unspecified atom stereocenters. The Morgan fingerprint density at radius 2 is 1.90 bits per heavy atom. The molecule has 1 aromatic carbocycles. The summed E-state index contributed by atoms with van der Waals surface area (Å²) in [6.07, 6.45) is 5.60. The van der Waals surface area contributed by atoms with Gasteiger partial charge in [-0.2, -0.15) is 0 Å². The Balaban J connectivity index is 1.88. The molecule has 1 N–H and O–H groups in total. The summed E-state index contributed by atoms with van der Waals surface area (Å²) in [5, 5.41) is 3.31. The zero-order valence-corrected chi connectivity index (χ0v) is 12.6. The van der Waals surface area contributed by atoms with E-state index in [1.807, 2.05) is 6.92 Å². The Morgan fingerprint density at radius 1 is 1.19 bits per heavy atom. The van der Waals surface area contributed by atoms with Crippen LogP contribution < -0.4 is 5.32 Å². The van der Waals surface area contributed by atoms with E-state index in [2.05, 4.69) is 35.3 Å². The highest BCUT2D eigenvalue weighted by Gasteiger charge is 2.12. The van der Waals surface area contributed by atoms with Gasteiger partial charge in [0, 0.05) is 37.1 Å². The lowest BCUT2D eigenvalue weighted by molar-refractivity contribution is 0.499. The molecule has 4 heteroatoms. The molecule has 1 atom stereocenters. The number of nitrogens with one attached hydrogen (secondary N) is 1. The van der Waals surface area contributed by atoms with Gasteiger partial charge in [-0.15, -0.1) is 0 Å². The Labute approximate surface area is 124 Å². The third-order valence-electron chi connectivity index (χ3n) is 3.52. The molecule has 0 aliphatic heterocycles. The number of aryl methyl sites for hydroxylation is 1. The zero-order chi connectivity index (χ0) is 15.2. The van der Waals surface area contributed by atoms with Gasteiger partial charge in [0.15, 0.2) is 0 Å². The van der Waals surface area contributed by atoms with Gasteiger partial charge in [-0.05, 0) is 43.5 Å². The lowest BCUT2D eigenvalue weighted by Gasteiger charge is -2.14. The predicted octanol–water partition coefficient (Wildman–Crippen LogP) is 3.90. The maximum atomic E-state index is 13.6. The van der Waals surface area contributed by atoms with Crippen LogP contribution in [-0.2, 0) is 19.5 Å². The fraction of sp³-hybridized carbons (Fsp3) is 0.412. The first-order chi connectivity index (χ1) is 10.1.